The van der Waals surface area contributed by atoms with Gasteiger partial charge in [0.05, 0.1) is 0 Å². The molecule has 0 amide bonds. The molecule has 0 unspecified atom stereocenters. The molecular weight excluding hydrogens is 136 g/mol. The summed E-state index contributed by atoms with van der Waals surface area (Å²) in [6, 6.07) is 3.82. The SMILES string of the molecule is C=C(C)c1ccc(C(=C)C)o1. The minimum absolute atomic E-state index is 0.836. The maximum Gasteiger partial charge on any atom is 0.129 e. The molecule has 0 aliphatic carbocycles. The minimum atomic E-state index is 0.836. The maximum absolute atomic E-state index is 5.41. The number of furan rings is 1. The van der Waals surface area contributed by atoms with E-state index in [1.54, 1.807) is 0 Å². The molecule has 0 aliphatic rings. The van der Waals surface area contributed by atoms with E-state index in [9.17, 15) is 0 Å². The summed E-state index contributed by atoms with van der Waals surface area (Å²) in [5.41, 5.74) is 1.88. The molecule has 0 N–H and O–H groups in total. The zero-order valence-electron chi connectivity index (χ0n) is 6.98. The van der Waals surface area contributed by atoms with Crippen LogP contribution in [0.1, 0.15) is 25.4 Å². The van der Waals surface area contributed by atoms with Gasteiger partial charge in [0.2, 0.25) is 0 Å². The summed E-state index contributed by atoms with van der Waals surface area (Å²) >= 11 is 0. The van der Waals surface area contributed by atoms with Crippen molar-refractivity contribution in [2.75, 3.05) is 0 Å². The van der Waals surface area contributed by atoms with Crippen molar-refractivity contribution in [1.82, 2.24) is 0 Å². The average Bonchev–Trinajstić information content (AvgIpc) is 2.33. The van der Waals surface area contributed by atoms with Gasteiger partial charge in [-0.05, 0) is 37.1 Å². The van der Waals surface area contributed by atoms with Gasteiger partial charge in [0, 0.05) is 0 Å². The van der Waals surface area contributed by atoms with Crippen molar-refractivity contribution in [1.29, 1.82) is 0 Å². The van der Waals surface area contributed by atoms with E-state index in [2.05, 4.69) is 13.2 Å². The van der Waals surface area contributed by atoms with Crippen molar-refractivity contribution in [3.63, 3.8) is 0 Å². The van der Waals surface area contributed by atoms with Crippen LogP contribution in [0.2, 0.25) is 0 Å². The van der Waals surface area contributed by atoms with Crippen LogP contribution in [0.5, 0.6) is 0 Å². The van der Waals surface area contributed by atoms with Crippen molar-refractivity contribution >= 4 is 11.1 Å². The van der Waals surface area contributed by atoms with Crippen molar-refractivity contribution in [3.8, 4) is 0 Å². The number of hydrogen-bond donors (Lipinski definition) is 0. The van der Waals surface area contributed by atoms with Gasteiger partial charge in [-0.2, -0.15) is 0 Å². The summed E-state index contributed by atoms with van der Waals surface area (Å²) in [5, 5.41) is 0. The molecule has 1 aromatic heterocycles. The minimum Gasteiger partial charge on any atom is -0.457 e. The van der Waals surface area contributed by atoms with Crippen LogP contribution >= 0.6 is 0 Å². The third kappa shape index (κ3) is 1.61. The van der Waals surface area contributed by atoms with E-state index in [0.29, 0.717) is 0 Å². The summed E-state index contributed by atoms with van der Waals surface area (Å²) in [5.74, 6) is 1.67. The Hall–Kier alpha value is -1.24. The van der Waals surface area contributed by atoms with Gasteiger partial charge >= 0.3 is 0 Å². The smallest absolute Gasteiger partial charge is 0.129 e. The van der Waals surface area contributed by atoms with Crippen LogP contribution in [-0.2, 0) is 0 Å². The molecule has 0 radical (unpaired) electrons. The van der Waals surface area contributed by atoms with Gasteiger partial charge in [0.15, 0.2) is 0 Å². The van der Waals surface area contributed by atoms with Crippen LogP contribution < -0.4 is 0 Å². The molecule has 0 saturated carbocycles. The zero-order valence-corrected chi connectivity index (χ0v) is 6.98. The summed E-state index contributed by atoms with van der Waals surface area (Å²) in [6.45, 7) is 11.4. The van der Waals surface area contributed by atoms with Gasteiger partial charge in [-0.1, -0.05) is 13.2 Å². The van der Waals surface area contributed by atoms with Crippen molar-refractivity contribution in [3.05, 3.63) is 36.8 Å². The molecule has 11 heavy (non-hydrogen) atoms. The Bertz CT molecular complexity index is 263. The van der Waals surface area contributed by atoms with Crippen molar-refractivity contribution < 1.29 is 4.42 Å². The molecule has 0 spiro atoms. The molecule has 0 atom stereocenters. The normalized spacial score (nSPS) is 9.64. The highest BCUT2D eigenvalue weighted by atomic mass is 16.3. The topological polar surface area (TPSA) is 13.1 Å². The van der Waals surface area contributed by atoms with Crippen molar-refractivity contribution in [2.24, 2.45) is 0 Å². The fraction of sp³-hybridized carbons (Fsp3) is 0.200. The maximum atomic E-state index is 5.41. The standard InChI is InChI=1S/C10H12O/c1-7(2)9-5-6-10(11-9)8(3)4/h5-6H,1,3H2,2,4H3. The van der Waals surface area contributed by atoms with Gasteiger partial charge < -0.3 is 4.42 Å². The molecule has 1 heteroatoms. The van der Waals surface area contributed by atoms with Crippen LogP contribution in [-0.4, -0.2) is 0 Å². The highest BCUT2D eigenvalue weighted by Gasteiger charge is 2.01. The van der Waals surface area contributed by atoms with Crippen LogP contribution in [0, 0.1) is 0 Å². The lowest BCUT2D eigenvalue weighted by Crippen LogP contribution is -1.70. The van der Waals surface area contributed by atoms with E-state index >= 15 is 0 Å². The van der Waals surface area contributed by atoms with Gasteiger partial charge in [0.1, 0.15) is 11.5 Å². The van der Waals surface area contributed by atoms with Crippen LogP contribution in [0.4, 0.5) is 0 Å². The molecule has 1 rings (SSSR count). The van der Waals surface area contributed by atoms with E-state index in [0.717, 1.165) is 22.7 Å². The molecule has 0 aromatic carbocycles. The second kappa shape index (κ2) is 2.79. The van der Waals surface area contributed by atoms with E-state index in [1.165, 1.54) is 0 Å². The van der Waals surface area contributed by atoms with Crippen LogP contribution in [0.15, 0.2) is 29.7 Å². The predicted octanol–water partition coefficient (Wildman–Crippen LogP) is 3.35. The third-order valence-electron chi connectivity index (χ3n) is 1.45. The largest absolute Gasteiger partial charge is 0.457 e. The number of hydrogen-bond acceptors (Lipinski definition) is 1. The predicted molar refractivity (Wildman–Crippen MR) is 48.1 cm³/mol. The Labute approximate surface area is 67.0 Å². The van der Waals surface area contributed by atoms with Crippen LogP contribution in [0.3, 0.4) is 0 Å². The third-order valence-corrected chi connectivity index (χ3v) is 1.45. The van der Waals surface area contributed by atoms with Crippen LogP contribution in [0.25, 0.3) is 11.1 Å². The Morgan fingerprint density at radius 2 is 1.45 bits per heavy atom. The molecule has 0 saturated heterocycles. The Morgan fingerprint density at radius 3 is 1.64 bits per heavy atom. The zero-order chi connectivity index (χ0) is 8.43. The van der Waals surface area contributed by atoms with Gasteiger partial charge in [-0.15, -0.1) is 0 Å². The lowest BCUT2D eigenvalue weighted by Gasteiger charge is -1.92. The fourth-order valence-corrected chi connectivity index (χ4v) is 0.797. The molecule has 0 bridgehead atoms. The Morgan fingerprint density at radius 1 is 1.09 bits per heavy atom. The highest BCUT2D eigenvalue weighted by Crippen LogP contribution is 2.19. The monoisotopic (exact) mass is 148 g/mol. The average molecular weight is 148 g/mol. The van der Waals surface area contributed by atoms with Gasteiger partial charge in [0.25, 0.3) is 0 Å². The van der Waals surface area contributed by atoms with Gasteiger partial charge in [-0.25, -0.2) is 0 Å². The molecule has 1 nitrogen and oxygen atoms in total. The molecule has 1 heterocycles. The van der Waals surface area contributed by atoms with Gasteiger partial charge in [-0.3, -0.25) is 0 Å². The first-order chi connectivity index (χ1) is 5.11. The Kier molecular flexibility index (Phi) is 1.99. The lowest BCUT2D eigenvalue weighted by atomic mass is 10.2. The second-order valence-electron chi connectivity index (χ2n) is 2.72. The summed E-state index contributed by atoms with van der Waals surface area (Å²) in [4.78, 5) is 0. The van der Waals surface area contributed by atoms with E-state index < -0.39 is 0 Å². The first-order valence-corrected chi connectivity index (χ1v) is 3.53. The lowest BCUT2D eigenvalue weighted by molar-refractivity contribution is 0.539. The van der Waals surface area contributed by atoms with E-state index in [4.69, 9.17) is 4.42 Å². The second-order valence-corrected chi connectivity index (χ2v) is 2.72. The molecule has 0 fully saturated rings. The van der Waals surface area contributed by atoms with E-state index in [1.807, 2.05) is 26.0 Å². The highest BCUT2D eigenvalue weighted by molar-refractivity contribution is 5.62. The molecular formula is C10H12O. The summed E-state index contributed by atoms with van der Waals surface area (Å²) < 4.78 is 5.41. The number of allylic oxidation sites excluding steroid dienone is 2. The van der Waals surface area contributed by atoms with E-state index in [-0.39, 0.29) is 0 Å². The first kappa shape index (κ1) is 7.86. The first-order valence-electron chi connectivity index (χ1n) is 3.53. The molecule has 1 aromatic rings. The fourth-order valence-electron chi connectivity index (χ4n) is 0.797. The summed E-state index contributed by atoms with van der Waals surface area (Å²) in [6.07, 6.45) is 0. The number of rotatable bonds is 2. The molecule has 0 aliphatic heterocycles. The Balaban J connectivity index is 2.99. The summed E-state index contributed by atoms with van der Waals surface area (Å²) in [7, 11) is 0. The quantitative estimate of drug-likeness (QED) is 0.626. The van der Waals surface area contributed by atoms with Crippen molar-refractivity contribution in [2.45, 2.75) is 13.8 Å². The molecule has 58 valence electrons.